The van der Waals surface area contributed by atoms with Crippen LogP contribution in [-0.4, -0.2) is 19.2 Å². The number of hydrogen-bond acceptors (Lipinski definition) is 5. The molecule has 0 bridgehead atoms. The van der Waals surface area contributed by atoms with Gasteiger partial charge in [-0.1, -0.05) is 6.07 Å². The van der Waals surface area contributed by atoms with Crippen molar-refractivity contribution in [3.8, 4) is 0 Å². The fourth-order valence-corrected chi connectivity index (χ4v) is 2.26. The molecule has 0 radical (unpaired) electrons. The van der Waals surface area contributed by atoms with E-state index in [2.05, 4.69) is 4.98 Å². The molecule has 7 heteroatoms. The molecular formula is C9H6ClNO4S. The summed E-state index contributed by atoms with van der Waals surface area (Å²) >= 11 is 0. The Morgan fingerprint density at radius 1 is 1.44 bits per heavy atom. The summed E-state index contributed by atoms with van der Waals surface area (Å²) < 4.78 is 27.5. The van der Waals surface area contributed by atoms with E-state index in [-0.39, 0.29) is 27.7 Å². The lowest BCUT2D eigenvalue weighted by Gasteiger charge is -1.94. The van der Waals surface area contributed by atoms with E-state index in [0.717, 1.165) is 0 Å². The number of Topliss-reactive ketones (excluding diaryl/α,β-unsaturated/α-hetero) is 1. The number of carbonyl (C=O) groups excluding carboxylic acids is 1. The zero-order valence-electron chi connectivity index (χ0n) is 8.10. The molecule has 1 heterocycles. The molecule has 2 rings (SSSR count). The molecule has 0 unspecified atom stereocenters. The summed E-state index contributed by atoms with van der Waals surface area (Å²) in [6, 6.07) is 4.28. The van der Waals surface area contributed by atoms with E-state index < -0.39 is 9.05 Å². The highest BCUT2D eigenvalue weighted by molar-refractivity contribution is 8.14. The Bertz CT molecular complexity index is 674. The van der Waals surface area contributed by atoms with E-state index in [1.165, 1.54) is 25.1 Å². The van der Waals surface area contributed by atoms with Crippen LogP contribution in [0.5, 0.6) is 0 Å². The van der Waals surface area contributed by atoms with Crippen LogP contribution < -0.4 is 0 Å². The molecule has 1 aromatic carbocycles. The summed E-state index contributed by atoms with van der Waals surface area (Å²) in [4.78, 5) is 14.7. The first-order valence-electron chi connectivity index (χ1n) is 4.25. The van der Waals surface area contributed by atoms with Gasteiger partial charge in [-0.3, -0.25) is 4.79 Å². The number of benzene rings is 1. The van der Waals surface area contributed by atoms with E-state index in [0.29, 0.717) is 0 Å². The maximum absolute atomic E-state index is 11.2. The van der Waals surface area contributed by atoms with Crippen molar-refractivity contribution in [2.75, 3.05) is 0 Å². The molecule has 0 spiro atoms. The topological polar surface area (TPSA) is 77.2 Å². The van der Waals surface area contributed by atoms with E-state index in [9.17, 15) is 13.2 Å². The predicted octanol–water partition coefficient (Wildman–Crippen LogP) is 1.96. The Morgan fingerprint density at radius 3 is 2.69 bits per heavy atom. The number of aromatic nitrogens is 1. The Balaban J connectivity index is 2.83. The Kier molecular flexibility index (Phi) is 2.47. The van der Waals surface area contributed by atoms with Gasteiger partial charge in [0.15, 0.2) is 5.58 Å². The molecule has 84 valence electrons. The van der Waals surface area contributed by atoms with Crippen LogP contribution in [0.4, 0.5) is 0 Å². The lowest BCUT2D eigenvalue weighted by Crippen LogP contribution is -1.93. The molecule has 0 aliphatic carbocycles. The molecule has 0 amide bonds. The van der Waals surface area contributed by atoms with Crippen LogP contribution in [0.2, 0.25) is 0 Å². The van der Waals surface area contributed by atoms with Gasteiger partial charge in [-0.15, -0.1) is 0 Å². The summed E-state index contributed by atoms with van der Waals surface area (Å²) in [5.74, 6) is -0.517. The van der Waals surface area contributed by atoms with Crippen LogP contribution >= 0.6 is 10.7 Å². The number of para-hydroxylation sites is 1. The average molecular weight is 260 g/mol. The zero-order chi connectivity index (χ0) is 11.9. The third-order valence-corrected chi connectivity index (χ3v) is 3.30. The van der Waals surface area contributed by atoms with Crippen molar-refractivity contribution in [2.45, 2.75) is 11.8 Å². The second-order valence-electron chi connectivity index (χ2n) is 3.12. The minimum absolute atomic E-state index is 0.0719. The SMILES string of the molecule is CC(=O)c1nc2c(S(=O)(=O)Cl)cccc2o1. The van der Waals surface area contributed by atoms with Crippen molar-refractivity contribution < 1.29 is 17.6 Å². The van der Waals surface area contributed by atoms with Crippen LogP contribution in [0.15, 0.2) is 27.5 Å². The number of nitrogens with zero attached hydrogens (tertiary/aromatic N) is 1. The molecule has 0 aliphatic heterocycles. The van der Waals surface area contributed by atoms with Gasteiger partial charge in [0, 0.05) is 17.6 Å². The third-order valence-electron chi connectivity index (χ3n) is 1.95. The number of ketones is 1. The van der Waals surface area contributed by atoms with Gasteiger partial charge in [-0.2, -0.15) is 0 Å². The van der Waals surface area contributed by atoms with Crippen molar-refractivity contribution in [3.63, 3.8) is 0 Å². The molecule has 0 saturated carbocycles. The summed E-state index contributed by atoms with van der Waals surface area (Å²) in [6.45, 7) is 1.28. The maximum Gasteiger partial charge on any atom is 0.263 e. The van der Waals surface area contributed by atoms with Gasteiger partial charge in [0.25, 0.3) is 14.9 Å². The molecule has 2 aromatic rings. The maximum atomic E-state index is 11.2. The number of rotatable bonds is 2. The molecule has 0 fully saturated rings. The molecule has 5 nitrogen and oxygen atoms in total. The first-order chi connectivity index (χ1) is 7.39. The number of halogens is 1. The van der Waals surface area contributed by atoms with Gasteiger partial charge < -0.3 is 4.42 Å². The Labute approximate surface area is 95.5 Å². The standard InChI is InChI=1S/C9H6ClNO4S/c1-5(12)9-11-8-6(15-9)3-2-4-7(8)16(10,13)14/h2-4H,1H3. The average Bonchev–Trinajstić information content (AvgIpc) is 2.58. The van der Waals surface area contributed by atoms with Gasteiger partial charge in [0.05, 0.1) is 0 Å². The van der Waals surface area contributed by atoms with Crippen LogP contribution in [0.25, 0.3) is 11.1 Å². The molecule has 0 aliphatic rings. The van der Waals surface area contributed by atoms with Crippen molar-refractivity contribution in [3.05, 3.63) is 24.1 Å². The van der Waals surface area contributed by atoms with Crippen molar-refractivity contribution >= 4 is 36.6 Å². The van der Waals surface area contributed by atoms with Crippen molar-refractivity contribution in [1.82, 2.24) is 4.98 Å². The summed E-state index contributed by atoms with van der Waals surface area (Å²) in [7, 11) is 1.33. The Hall–Kier alpha value is -1.40. The van der Waals surface area contributed by atoms with E-state index in [4.69, 9.17) is 15.1 Å². The molecule has 1 aromatic heterocycles. The fraction of sp³-hybridized carbons (Fsp3) is 0.111. The molecule has 0 N–H and O–H groups in total. The highest BCUT2D eigenvalue weighted by atomic mass is 35.7. The van der Waals surface area contributed by atoms with E-state index in [1.54, 1.807) is 0 Å². The van der Waals surface area contributed by atoms with Gasteiger partial charge in [-0.25, -0.2) is 13.4 Å². The third kappa shape index (κ3) is 1.81. The lowest BCUT2D eigenvalue weighted by atomic mass is 10.3. The van der Waals surface area contributed by atoms with Gasteiger partial charge in [0.1, 0.15) is 10.4 Å². The van der Waals surface area contributed by atoms with Crippen LogP contribution in [0.3, 0.4) is 0 Å². The highest BCUT2D eigenvalue weighted by Gasteiger charge is 2.19. The largest absolute Gasteiger partial charge is 0.434 e. The normalized spacial score (nSPS) is 11.9. The summed E-state index contributed by atoms with van der Waals surface area (Å²) in [5.41, 5.74) is 0.287. The number of hydrogen-bond donors (Lipinski definition) is 0. The monoisotopic (exact) mass is 259 g/mol. The van der Waals surface area contributed by atoms with E-state index >= 15 is 0 Å². The lowest BCUT2D eigenvalue weighted by molar-refractivity contribution is 0.0983. The first-order valence-corrected chi connectivity index (χ1v) is 6.55. The molecular weight excluding hydrogens is 254 g/mol. The smallest absolute Gasteiger partial charge is 0.263 e. The van der Waals surface area contributed by atoms with Crippen LogP contribution in [0.1, 0.15) is 17.6 Å². The molecule has 0 saturated heterocycles. The minimum Gasteiger partial charge on any atom is -0.434 e. The van der Waals surface area contributed by atoms with Crippen molar-refractivity contribution in [1.29, 1.82) is 0 Å². The number of oxazole rings is 1. The predicted molar refractivity (Wildman–Crippen MR) is 57.1 cm³/mol. The van der Waals surface area contributed by atoms with Crippen LogP contribution in [-0.2, 0) is 9.05 Å². The number of carbonyl (C=O) groups is 1. The second kappa shape index (κ2) is 3.57. The summed E-state index contributed by atoms with van der Waals surface area (Å²) in [6.07, 6.45) is 0. The highest BCUT2D eigenvalue weighted by Crippen LogP contribution is 2.25. The van der Waals surface area contributed by atoms with Crippen molar-refractivity contribution in [2.24, 2.45) is 0 Å². The van der Waals surface area contributed by atoms with Gasteiger partial charge >= 0.3 is 0 Å². The quantitative estimate of drug-likeness (QED) is 0.609. The van der Waals surface area contributed by atoms with Gasteiger partial charge in [-0.05, 0) is 12.1 Å². The molecule has 16 heavy (non-hydrogen) atoms. The summed E-state index contributed by atoms with van der Waals surface area (Å²) in [5, 5.41) is 0. The minimum atomic E-state index is -3.90. The second-order valence-corrected chi connectivity index (χ2v) is 5.65. The fourth-order valence-electron chi connectivity index (χ4n) is 1.27. The van der Waals surface area contributed by atoms with Crippen LogP contribution in [0, 0.1) is 0 Å². The Morgan fingerprint density at radius 2 is 2.12 bits per heavy atom. The van der Waals surface area contributed by atoms with Gasteiger partial charge in [0.2, 0.25) is 5.78 Å². The van der Waals surface area contributed by atoms with E-state index in [1.807, 2.05) is 0 Å². The first kappa shape index (κ1) is 11.1. The number of fused-ring (bicyclic) bond motifs is 1. The molecule has 0 atom stereocenters. The zero-order valence-corrected chi connectivity index (χ0v) is 9.67.